The van der Waals surface area contributed by atoms with Crippen LogP contribution in [0.1, 0.15) is 12.6 Å². The molecule has 0 bridgehead atoms. The molecular formula is C17H22IN5O2S. The highest BCUT2D eigenvalue weighted by Gasteiger charge is 2.29. The number of piperazine rings is 1. The minimum absolute atomic E-state index is 0.346. The zero-order valence-electron chi connectivity index (χ0n) is 14.8. The van der Waals surface area contributed by atoms with Crippen LogP contribution in [0.25, 0.3) is 0 Å². The van der Waals surface area contributed by atoms with Crippen LogP contribution in [0.4, 0.5) is 11.8 Å². The quantitative estimate of drug-likeness (QED) is 0.653. The molecule has 9 heteroatoms. The summed E-state index contributed by atoms with van der Waals surface area (Å²) in [5.74, 6) is 1.44. The van der Waals surface area contributed by atoms with Gasteiger partial charge in [-0.2, -0.15) is 9.29 Å². The molecule has 1 fully saturated rings. The van der Waals surface area contributed by atoms with Gasteiger partial charge in [0.1, 0.15) is 5.82 Å². The van der Waals surface area contributed by atoms with Gasteiger partial charge in [-0.15, -0.1) is 0 Å². The molecule has 1 aliphatic rings. The van der Waals surface area contributed by atoms with Crippen LogP contribution in [0, 0.1) is 10.5 Å². The normalized spacial score (nSPS) is 15.9. The standard InChI is InChI=1S/C17H22IN5O2S/c1-3-19-17-20-13(2)12-16(21-17)22-8-10-23(11-9-22)26(24,25)15-6-4-14(18)5-7-15/h4-7,12H,3,8-11H2,1-2H3,(H,19,20,21). The van der Waals surface area contributed by atoms with Gasteiger partial charge in [0.25, 0.3) is 0 Å². The molecule has 1 N–H and O–H groups in total. The number of sulfonamides is 1. The van der Waals surface area contributed by atoms with Gasteiger partial charge in [-0.3, -0.25) is 0 Å². The fourth-order valence-corrected chi connectivity index (χ4v) is 4.65. The molecule has 0 aliphatic carbocycles. The molecule has 0 unspecified atom stereocenters. The maximum absolute atomic E-state index is 12.8. The van der Waals surface area contributed by atoms with Crippen LogP contribution in [-0.4, -0.2) is 55.4 Å². The van der Waals surface area contributed by atoms with E-state index < -0.39 is 10.0 Å². The van der Waals surface area contributed by atoms with Gasteiger partial charge < -0.3 is 10.2 Å². The SMILES string of the molecule is CCNc1nc(C)cc(N2CCN(S(=O)(=O)c3ccc(I)cc3)CC2)n1. The van der Waals surface area contributed by atoms with E-state index in [1.54, 1.807) is 16.4 Å². The Morgan fingerprint density at radius 2 is 1.77 bits per heavy atom. The number of aryl methyl sites for hydroxylation is 1. The van der Waals surface area contributed by atoms with Crippen molar-refractivity contribution in [2.24, 2.45) is 0 Å². The summed E-state index contributed by atoms with van der Waals surface area (Å²) in [6.07, 6.45) is 0. The number of benzene rings is 1. The predicted molar refractivity (Wildman–Crippen MR) is 111 cm³/mol. The van der Waals surface area contributed by atoms with E-state index in [9.17, 15) is 8.42 Å². The van der Waals surface area contributed by atoms with E-state index in [0.29, 0.717) is 37.0 Å². The molecule has 1 aromatic heterocycles. The van der Waals surface area contributed by atoms with Gasteiger partial charge in [0.2, 0.25) is 16.0 Å². The average Bonchev–Trinajstić information content (AvgIpc) is 2.62. The number of anilines is 2. The number of hydrogen-bond donors (Lipinski definition) is 1. The summed E-state index contributed by atoms with van der Waals surface area (Å²) in [5, 5.41) is 3.13. The highest BCUT2D eigenvalue weighted by Crippen LogP contribution is 2.22. The maximum Gasteiger partial charge on any atom is 0.243 e. The minimum Gasteiger partial charge on any atom is -0.354 e. The number of nitrogens with one attached hydrogen (secondary N) is 1. The molecule has 26 heavy (non-hydrogen) atoms. The van der Waals surface area contributed by atoms with E-state index in [4.69, 9.17) is 0 Å². The van der Waals surface area contributed by atoms with Gasteiger partial charge >= 0.3 is 0 Å². The van der Waals surface area contributed by atoms with Gasteiger partial charge in [-0.1, -0.05) is 0 Å². The summed E-state index contributed by atoms with van der Waals surface area (Å²) in [6.45, 7) is 6.77. The Morgan fingerprint density at radius 3 is 2.38 bits per heavy atom. The van der Waals surface area contributed by atoms with E-state index in [-0.39, 0.29) is 0 Å². The Morgan fingerprint density at radius 1 is 1.12 bits per heavy atom. The van der Waals surface area contributed by atoms with Crippen molar-refractivity contribution in [1.29, 1.82) is 0 Å². The smallest absolute Gasteiger partial charge is 0.243 e. The lowest BCUT2D eigenvalue weighted by Gasteiger charge is -2.34. The van der Waals surface area contributed by atoms with Gasteiger partial charge in [0.05, 0.1) is 4.90 Å². The third kappa shape index (κ3) is 4.26. The van der Waals surface area contributed by atoms with Crippen molar-refractivity contribution < 1.29 is 8.42 Å². The van der Waals surface area contributed by atoms with Gasteiger partial charge in [0, 0.05) is 48.1 Å². The number of halogens is 1. The fourth-order valence-electron chi connectivity index (χ4n) is 2.86. The molecule has 2 heterocycles. The van der Waals surface area contributed by atoms with Gasteiger partial charge in [-0.05, 0) is 60.7 Å². The largest absolute Gasteiger partial charge is 0.354 e. The first kappa shape index (κ1) is 19.3. The van der Waals surface area contributed by atoms with Crippen molar-refractivity contribution in [2.45, 2.75) is 18.7 Å². The second-order valence-corrected chi connectivity index (χ2v) is 9.25. The van der Waals surface area contributed by atoms with Crippen LogP contribution in [0.3, 0.4) is 0 Å². The zero-order valence-corrected chi connectivity index (χ0v) is 17.8. The van der Waals surface area contributed by atoms with Crippen molar-refractivity contribution in [1.82, 2.24) is 14.3 Å². The van der Waals surface area contributed by atoms with Crippen LogP contribution in [-0.2, 0) is 10.0 Å². The predicted octanol–water partition coefficient (Wildman–Crippen LogP) is 2.33. The van der Waals surface area contributed by atoms with Crippen molar-refractivity contribution in [3.8, 4) is 0 Å². The minimum atomic E-state index is -3.45. The molecule has 2 aromatic rings. The van der Waals surface area contributed by atoms with Crippen LogP contribution in [0.5, 0.6) is 0 Å². The molecule has 0 atom stereocenters. The average molecular weight is 487 g/mol. The van der Waals surface area contributed by atoms with E-state index in [0.717, 1.165) is 21.6 Å². The lowest BCUT2D eigenvalue weighted by Crippen LogP contribution is -2.49. The van der Waals surface area contributed by atoms with Crippen LogP contribution in [0.15, 0.2) is 35.2 Å². The van der Waals surface area contributed by atoms with Gasteiger partial charge in [0.15, 0.2) is 0 Å². The van der Waals surface area contributed by atoms with E-state index in [1.807, 2.05) is 32.0 Å². The number of aromatic nitrogens is 2. The second kappa shape index (κ2) is 8.05. The first-order valence-electron chi connectivity index (χ1n) is 8.50. The van der Waals surface area contributed by atoms with Crippen molar-refractivity contribution in [3.05, 3.63) is 39.6 Å². The Labute approximate surface area is 168 Å². The third-order valence-corrected chi connectivity index (χ3v) is 6.82. The highest BCUT2D eigenvalue weighted by molar-refractivity contribution is 14.1. The molecule has 1 saturated heterocycles. The summed E-state index contributed by atoms with van der Waals surface area (Å²) >= 11 is 2.17. The Hall–Kier alpha value is -1.46. The topological polar surface area (TPSA) is 78.4 Å². The van der Waals surface area contributed by atoms with Crippen molar-refractivity contribution in [2.75, 3.05) is 42.9 Å². The lowest BCUT2D eigenvalue weighted by atomic mass is 10.3. The summed E-state index contributed by atoms with van der Waals surface area (Å²) in [6, 6.07) is 8.90. The van der Waals surface area contributed by atoms with Crippen LogP contribution in [0.2, 0.25) is 0 Å². The molecular weight excluding hydrogens is 465 g/mol. The van der Waals surface area contributed by atoms with Crippen molar-refractivity contribution >= 4 is 44.4 Å². The Bertz CT molecular complexity index is 865. The molecule has 0 spiro atoms. The van der Waals surface area contributed by atoms with E-state index >= 15 is 0 Å². The summed E-state index contributed by atoms with van der Waals surface area (Å²) in [4.78, 5) is 11.4. The van der Waals surface area contributed by atoms with Crippen LogP contribution >= 0.6 is 22.6 Å². The Kier molecular flexibility index (Phi) is 5.98. The second-order valence-electron chi connectivity index (χ2n) is 6.07. The maximum atomic E-state index is 12.8. The molecule has 0 saturated carbocycles. The molecule has 0 radical (unpaired) electrons. The zero-order chi connectivity index (χ0) is 18.7. The summed E-state index contributed by atoms with van der Waals surface area (Å²) in [5.41, 5.74) is 0.889. The van der Waals surface area contributed by atoms with Crippen LogP contribution < -0.4 is 10.2 Å². The Balaban J connectivity index is 1.72. The summed E-state index contributed by atoms with van der Waals surface area (Å²) < 4.78 is 28.2. The molecule has 1 aliphatic heterocycles. The summed E-state index contributed by atoms with van der Waals surface area (Å²) in [7, 11) is -3.45. The monoisotopic (exact) mass is 487 g/mol. The van der Waals surface area contributed by atoms with Gasteiger partial charge in [-0.25, -0.2) is 13.4 Å². The van der Waals surface area contributed by atoms with Crippen molar-refractivity contribution in [3.63, 3.8) is 0 Å². The van der Waals surface area contributed by atoms with E-state index in [1.165, 1.54) is 0 Å². The number of hydrogen-bond acceptors (Lipinski definition) is 6. The number of nitrogens with zero attached hydrogens (tertiary/aromatic N) is 4. The molecule has 0 amide bonds. The lowest BCUT2D eigenvalue weighted by molar-refractivity contribution is 0.384. The third-order valence-electron chi connectivity index (χ3n) is 4.19. The first-order chi connectivity index (χ1) is 12.4. The molecule has 140 valence electrons. The molecule has 7 nitrogen and oxygen atoms in total. The fraction of sp³-hybridized carbons (Fsp3) is 0.412. The number of rotatable bonds is 5. The molecule has 3 rings (SSSR count). The highest BCUT2D eigenvalue weighted by atomic mass is 127. The van der Waals surface area contributed by atoms with E-state index in [2.05, 4.69) is 42.8 Å². The first-order valence-corrected chi connectivity index (χ1v) is 11.0. The molecule has 1 aromatic carbocycles.